The first-order valence-corrected chi connectivity index (χ1v) is 6.56. The minimum Gasteiger partial charge on any atom is -0.481 e. The molecule has 114 valence electrons. The van der Waals surface area contributed by atoms with E-state index in [2.05, 4.69) is 20.7 Å². The van der Waals surface area contributed by atoms with Crippen LogP contribution < -0.4 is 5.43 Å². The van der Waals surface area contributed by atoms with Gasteiger partial charge in [-0.2, -0.15) is 10.2 Å². The van der Waals surface area contributed by atoms with Crippen molar-refractivity contribution in [2.45, 2.75) is 19.3 Å². The molecule has 22 heavy (non-hydrogen) atoms. The van der Waals surface area contributed by atoms with Crippen LogP contribution in [0.15, 0.2) is 35.6 Å². The summed E-state index contributed by atoms with van der Waals surface area (Å²) in [4.78, 5) is 21.6. The van der Waals surface area contributed by atoms with Crippen LogP contribution in [0.4, 0.5) is 5.82 Å². The molecular weight excluding hydrogens is 288 g/mol. The van der Waals surface area contributed by atoms with Gasteiger partial charge in [0.15, 0.2) is 5.82 Å². The third-order valence-electron chi connectivity index (χ3n) is 2.92. The van der Waals surface area contributed by atoms with Gasteiger partial charge in [0.25, 0.3) is 0 Å². The molecule has 0 radical (unpaired) electrons. The Morgan fingerprint density at radius 3 is 2.68 bits per heavy atom. The Labute approximate surface area is 125 Å². The molecule has 0 unspecified atom stereocenters. The van der Waals surface area contributed by atoms with E-state index in [9.17, 15) is 9.59 Å². The van der Waals surface area contributed by atoms with Crippen molar-refractivity contribution < 1.29 is 19.8 Å². The summed E-state index contributed by atoms with van der Waals surface area (Å²) in [5, 5.41) is 30.8. The number of anilines is 1. The summed E-state index contributed by atoms with van der Waals surface area (Å²) in [6.07, 6.45) is 1.73. The Balaban J connectivity index is 2.15. The van der Waals surface area contributed by atoms with E-state index in [1.165, 1.54) is 0 Å². The van der Waals surface area contributed by atoms with Gasteiger partial charge in [0, 0.05) is 17.2 Å². The minimum atomic E-state index is -1.20. The third kappa shape index (κ3) is 3.98. The fourth-order valence-electron chi connectivity index (χ4n) is 1.85. The van der Waals surface area contributed by atoms with Crippen LogP contribution >= 0.6 is 0 Å². The predicted octanol–water partition coefficient (Wildman–Crippen LogP) is 1.74. The normalized spacial score (nSPS) is 11.4. The van der Waals surface area contributed by atoms with Gasteiger partial charge in [0.1, 0.15) is 5.71 Å². The highest BCUT2D eigenvalue weighted by Gasteiger charge is 2.11. The average Bonchev–Trinajstić information content (AvgIpc) is 2.50. The Morgan fingerprint density at radius 1 is 1.18 bits per heavy atom. The number of fused-ring (bicyclic) bond motifs is 1. The van der Waals surface area contributed by atoms with Crippen molar-refractivity contribution in [2.75, 3.05) is 5.43 Å². The van der Waals surface area contributed by atoms with E-state index in [0.29, 0.717) is 5.82 Å². The summed E-state index contributed by atoms with van der Waals surface area (Å²) in [6, 6.07) is 7.34. The number of aromatic nitrogens is 2. The third-order valence-corrected chi connectivity index (χ3v) is 2.92. The van der Waals surface area contributed by atoms with E-state index in [1.807, 2.05) is 24.3 Å². The average molecular weight is 302 g/mol. The number of hydrogen-bond donors (Lipinski definition) is 3. The number of hydrogen-bond acceptors (Lipinski definition) is 6. The van der Waals surface area contributed by atoms with Crippen molar-refractivity contribution in [1.29, 1.82) is 0 Å². The van der Waals surface area contributed by atoms with Crippen LogP contribution in [-0.2, 0) is 9.59 Å². The van der Waals surface area contributed by atoms with Gasteiger partial charge in [-0.15, -0.1) is 5.10 Å². The topological polar surface area (TPSA) is 125 Å². The quantitative estimate of drug-likeness (QED) is 0.525. The second-order valence-corrected chi connectivity index (χ2v) is 4.50. The predicted molar refractivity (Wildman–Crippen MR) is 79.7 cm³/mol. The van der Waals surface area contributed by atoms with Crippen molar-refractivity contribution >= 4 is 34.2 Å². The molecule has 1 aromatic carbocycles. The van der Waals surface area contributed by atoms with Gasteiger partial charge in [-0.05, 0) is 12.8 Å². The van der Waals surface area contributed by atoms with Crippen LogP contribution in [0, 0.1) is 0 Å². The van der Waals surface area contributed by atoms with Crippen molar-refractivity contribution in [3.63, 3.8) is 0 Å². The molecule has 2 aromatic rings. The van der Waals surface area contributed by atoms with Gasteiger partial charge in [0.05, 0.1) is 6.20 Å². The largest absolute Gasteiger partial charge is 0.481 e. The Morgan fingerprint density at radius 2 is 1.95 bits per heavy atom. The summed E-state index contributed by atoms with van der Waals surface area (Å²) in [7, 11) is 0. The number of carboxylic acid groups (broad SMARTS) is 2. The Bertz CT molecular complexity index is 724. The van der Waals surface area contributed by atoms with Crippen molar-refractivity contribution in [2.24, 2.45) is 5.10 Å². The first-order chi connectivity index (χ1) is 10.6. The van der Waals surface area contributed by atoms with Gasteiger partial charge in [-0.3, -0.25) is 10.2 Å². The van der Waals surface area contributed by atoms with Crippen molar-refractivity contribution in [1.82, 2.24) is 10.2 Å². The van der Waals surface area contributed by atoms with Crippen LogP contribution in [0.1, 0.15) is 19.3 Å². The van der Waals surface area contributed by atoms with E-state index in [1.54, 1.807) is 6.20 Å². The summed E-state index contributed by atoms with van der Waals surface area (Å²) in [6.45, 7) is 0. The maximum Gasteiger partial charge on any atom is 0.352 e. The highest BCUT2D eigenvalue weighted by molar-refractivity contribution is 6.35. The minimum absolute atomic E-state index is 0.0484. The molecule has 0 aliphatic rings. The number of carbonyl (C=O) groups is 2. The summed E-state index contributed by atoms with van der Waals surface area (Å²) < 4.78 is 0. The zero-order chi connectivity index (χ0) is 15.9. The molecule has 8 heteroatoms. The monoisotopic (exact) mass is 302 g/mol. The molecule has 0 aliphatic carbocycles. The molecule has 0 fully saturated rings. The summed E-state index contributed by atoms with van der Waals surface area (Å²) in [5.74, 6) is -1.83. The molecule has 8 nitrogen and oxygen atoms in total. The van der Waals surface area contributed by atoms with Crippen LogP contribution in [0.25, 0.3) is 10.8 Å². The lowest BCUT2D eigenvalue weighted by Gasteiger charge is -2.05. The number of hydrazone groups is 1. The Hall–Kier alpha value is -3.03. The fraction of sp³-hybridized carbons (Fsp3) is 0.214. The Kier molecular flexibility index (Phi) is 4.97. The highest BCUT2D eigenvalue weighted by Crippen LogP contribution is 2.19. The lowest BCUT2D eigenvalue weighted by molar-refractivity contribution is -0.137. The maximum atomic E-state index is 11.1. The van der Waals surface area contributed by atoms with Gasteiger partial charge < -0.3 is 10.2 Å². The molecule has 0 amide bonds. The van der Waals surface area contributed by atoms with Gasteiger partial charge in [-0.1, -0.05) is 24.3 Å². The number of aliphatic carboxylic acids is 2. The van der Waals surface area contributed by atoms with Crippen LogP contribution in [-0.4, -0.2) is 38.1 Å². The number of nitrogens with zero attached hydrogens (tertiary/aromatic N) is 3. The smallest absolute Gasteiger partial charge is 0.352 e. The SMILES string of the molecule is O=C(O)CCC/C(=N\Nc1nncc2ccccc12)C(=O)O. The summed E-state index contributed by atoms with van der Waals surface area (Å²) in [5.41, 5.74) is 2.44. The second kappa shape index (κ2) is 7.11. The molecule has 3 N–H and O–H groups in total. The zero-order valence-electron chi connectivity index (χ0n) is 11.6. The molecule has 0 aliphatic heterocycles. The molecule has 1 heterocycles. The first kappa shape index (κ1) is 15.4. The van der Waals surface area contributed by atoms with Gasteiger partial charge >= 0.3 is 11.9 Å². The van der Waals surface area contributed by atoms with Crippen LogP contribution in [0.3, 0.4) is 0 Å². The first-order valence-electron chi connectivity index (χ1n) is 6.56. The van der Waals surface area contributed by atoms with Gasteiger partial charge in [0.2, 0.25) is 0 Å². The zero-order valence-corrected chi connectivity index (χ0v) is 11.6. The number of rotatable bonds is 7. The lowest BCUT2D eigenvalue weighted by atomic mass is 10.1. The van der Waals surface area contributed by atoms with Crippen LogP contribution in [0.2, 0.25) is 0 Å². The van der Waals surface area contributed by atoms with Crippen molar-refractivity contribution in [3.05, 3.63) is 30.5 Å². The molecule has 0 saturated carbocycles. The highest BCUT2D eigenvalue weighted by atomic mass is 16.4. The lowest BCUT2D eigenvalue weighted by Crippen LogP contribution is -2.15. The molecular formula is C14H14N4O4. The number of nitrogens with one attached hydrogen (secondary N) is 1. The molecule has 0 spiro atoms. The van der Waals surface area contributed by atoms with Crippen molar-refractivity contribution in [3.8, 4) is 0 Å². The van der Waals surface area contributed by atoms with Crippen LogP contribution in [0.5, 0.6) is 0 Å². The number of benzene rings is 1. The van der Waals surface area contributed by atoms with E-state index in [0.717, 1.165) is 10.8 Å². The fourth-order valence-corrected chi connectivity index (χ4v) is 1.85. The molecule has 0 atom stereocenters. The maximum absolute atomic E-state index is 11.1. The summed E-state index contributed by atoms with van der Waals surface area (Å²) >= 11 is 0. The number of carboxylic acids is 2. The molecule has 0 bridgehead atoms. The molecule has 2 rings (SSSR count). The molecule has 0 saturated heterocycles. The molecule has 1 aromatic heterocycles. The van der Waals surface area contributed by atoms with E-state index in [-0.39, 0.29) is 25.0 Å². The van der Waals surface area contributed by atoms with E-state index >= 15 is 0 Å². The second-order valence-electron chi connectivity index (χ2n) is 4.50. The van der Waals surface area contributed by atoms with E-state index < -0.39 is 11.9 Å². The standard InChI is InChI=1S/C14H14N4O4/c19-12(20)7-3-6-11(14(21)22)16-18-13-10-5-2-1-4-9(10)8-15-17-13/h1-2,4-5,8H,3,6-7H2,(H,17,18)(H,19,20)(H,21,22)/b16-11+. The van der Waals surface area contributed by atoms with Gasteiger partial charge in [-0.25, -0.2) is 4.79 Å². The van der Waals surface area contributed by atoms with E-state index in [4.69, 9.17) is 10.2 Å².